The minimum Gasteiger partial charge on any atom is -0.352 e. The largest absolute Gasteiger partial charge is 0.352 e. The van der Waals surface area contributed by atoms with E-state index in [9.17, 15) is 14.0 Å². The minimum absolute atomic E-state index is 0.124. The summed E-state index contributed by atoms with van der Waals surface area (Å²) in [4.78, 5) is 23.7. The third-order valence-electron chi connectivity index (χ3n) is 4.52. The van der Waals surface area contributed by atoms with Crippen molar-refractivity contribution in [2.24, 2.45) is 5.92 Å². The summed E-state index contributed by atoms with van der Waals surface area (Å²) in [6.07, 6.45) is 3.12. The molecule has 2 aromatic carbocycles. The van der Waals surface area contributed by atoms with Gasteiger partial charge in [-0.25, -0.2) is 9.18 Å². The third-order valence-corrected chi connectivity index (χ3v) is 4.52. The molecular weight excluding hydrogens is 333 g/mol. The minimum atomic E-state index is -0.333. The number of benzene rings is 2. The van der Waals surface area contributed by atoms with Crippen molar-refractivity contribution in [2.45, 2.75) is 32.4 Å². The van der Waals surface area contributed by atoms with Crippen molar-refractivity contribution in [3.8, 4) is 0 Å². The summed E-state index contributed by atoms with van der Waals surface area (Å²) in [7, 11) is 0. The molecule has 3 rings (SSSR count). The second-order valence-electron chi connectivity index (χ2n) is 6.48. The standard InChI is InChI=1S/C20H22FN3O2/c21-17-8-4-14(5-9-17)13-23-20(26)24-18-10-6-15(7-11-18)12-22-19(25)16-2-1-3-16/h4-11,16H,1-3,12-13H2,(H,22,25)(H2,23,24,26). The summed E-state index contributed by atoms with van der Waals surface area (Å²) in [6.45, 7) is 0.809. The van der Waals surface area contributed by atoms with E-state index in [1.54, 1.807) is 24.3 Å². The van der Waals surface area contributed by atoms with Gasteiger partial charge < -0.3 is 16.0 Å². The van der Waals surface area contributed by atoms with Gasteiger partial charge in [0.15, 0.2) is 0 Å². The van der Waals surface area contributed by atoms with Crippen LogP contribution in [0, 0.1) is 11.7 Å². The van der Waals surface area contributed by atoms with Crippen LogP contribution in [0.4, 0.5) is 14.9 Å². The van der Waals surface area contributed by atoms with E-state index in [0.717, 1.165) is 30.4 Å². The fourth-order valence-electron chi connectivity index (χ4n) is 2.67. The third kappa shape index (κ3) is 5.05. The van der Waals surface area contributed by atoms with Crippen LogP contribution >= 0.6 is 0 Å². The Morgan fingerprint density at radius 3 is 2.04 bits per heavy atom. The molecule has 1 aliphatic carbocycles. The lowest BCUT2D eigenvalue weighted by atomic mass is 9.85. The highest BCUT2D eigenvalue weighted by atomic mass is 19.1. The Balaban J connectivity index is 1.42. The highest BCUT2D eigenvalue weighted by molar-refractivity contribution is 5.89. The van der Waals surface area contributed by atoms with Crippen LogP contribution in [0.3, 0.4) is 0 Å². The van der Waals surface area contributed by atoms with Crippen LogP contribution in [-0.4, -0.2) is 11.9 Å². The number of rotatable bonds is 6. The maximum atomic E-state index is 12.8. The second-order valence-corrected chi connectivity index (χ2v) is 6.48. The molecule has 0 heterocycles. The number of carbonyl (C=O) groups excluding carboxylic acids is 2. The summed E-state index contributed by atoms with van der Waals surface area (Å²) < 4.78 is 12.8. The molecule has 0 radical (unpaired) electrons. The molecule has 0 saturated heterocycles. The zero-order chi connectivity index (χ0) is 18.4. The molecule has 6 heteroatoms. The molecule has 1 fully saturated rings. The van der Waals surface area contributed by atoms with Crippen molar-refractivity contribution in [1.29, 1.82) is 0 Å². The van der Waals surface area contributed by atoms with E-state index in [0.29, 0.717) is 18.8 Å². The number of carbonyl (C=O) groups is 2. The quantitative estimate of drug-likeness (QED) is 0.741. The summed E-state index contributed by atoms with van der Waals surface area (Å²) in [5.41, 5.74) is 2.46. The molecule has 5 nitrogen and oxygen atoms in total. The van der Waals surface area contributed by atoms with Crippen molar-refractivity contribution in [3.63, 3.8) is 0 Å². The van der Waals surface area contributed by atoms with Gasteiger partial charge in [-0.3, -0.25) is 4.79 Å². The van der Waals surface area contributed by atoms with Crippen molar-refractivity contribution in [1.82, 2.24) is 10.6 Å². The zero-order valence-corrected chi connectivity index (χ0v) is 14.4. The molecule has 3 amide bonds. The first-order chi connectivity index (χ1) is 12.6. The van der Waals surface area contributed by atoms with Gasteiger partial charge in [0.25, 0.3) is 0 Å². The number of urea groups is 1. The van der Waals surface area contributed by atoms with Gasteiger partial charge in [-0.15, -0.1) is 0 Å². The molecule has 3 N–H and O–H groups in total. The first-order valence-electron chi connectivity index (χ1n) is 8.76. The summed E-state index contributed by atoms with van der Waals surface area (Å²) >= 11 is 0. The SMILES string of the molecule is O=C(NCc1ccc(F)cc1)Nc1ccc(CNC(=O)C2CCC2)cc1. The van der Waals surface area contributed by atoms with Gasteiger partial charge in [0.2, 0.25) is 5.91 Å². The van der Waals surface area contributed by atoms with Crippen molar-refractivity contribution in [3.05, 3.63) is 65.5 Å². The molecule has 0 atom stereocenters. The number of amides is 3. The smallest absolute Gasteiger partial charge is 0.319 e. The maximum absolute atomic E-state index is 12.8. The van der Waals surface area contributed by atoms with Gasteiger partial charge in [-0.1, -0.05) is 30.7 Å². The number of anilines is 1. The van der Waals surface area contributed by atoms with Crippen molar-refractivity contribution < 1.29 is 14.0 Å². The maximum Gasteiger partial charge on any atom is 0.319 e. The van der Waals surface area contributed by atoms with E-state index < -0.39 is 0 Å². The molecule has 26 heavy (non-hydrogen) atoms. The van der Waals surface area contributed by atoms with Crippen LogP contribution in [0.5, 0.6) is 0 Å². The predicted octanol–water partition coefficient (Wildman–Crippen LogP) is 3.56. The van der Waals surface area contributed by atoms with Crippen LogP contribution < -0.4 is 16.0 Å². The molecule has 0 bridgehead atoms. The highest BCUT2D eigenvalue weighted by Crippen LogP contribution is 2.26. The van der Waals surface area contributed by atoms with Gasteiger partial charge in [0.1, 0.15) is 5.82 Å². The van der Waals surface area contributed by atoms with Crippen molar-refractivity contribution in [2.75, 3.05) is 5.32 Å². The Hall–Kier alpha value is -2.89. The summed E-state index contributed by atoms with van der Waals surface area (Å²) in [5, 5.41) is 8.40. The lowest BCUT2D eigenvalue weighted by molar-refractivity contribution is -0.127. The Kier molecular flexibility index (Phi) is 5.84. The fraction of sp³-hybridized carbons (Fsp3) is 0.300. The number of hydrogen-bond donors (Lipinski definition) is 3. The van der Waals surface area contributed by atoms with E-state index in [4.69, 9.17) is 0 Å². The van der Waals surface area contributed by atoms with E-state index >= 15 is 0 Å². The summed E-state index contributed by atoms with van der Waals surface area (Å²) in [5.74, 6) is 0.00142. The number of nitrogens with one attached hydrogen (secondary N) is 3. The molecule has 2 aromatic rings. The first-order valence-corrected chi connectivity index (χ1v) is 8.76. The molecular formula is C20H22FN3O2. The average molecular weight is 355 g/mol. The molecule has 1 saturated carbocycles. The fourth-order valence-corrected chi connectivity index (χ4v) is 2.67. The van der Waals surface area contributed by atoms with E-state index in [-0.39, 0.29) is 23.7 Å². The number of hydrogen-bond acceptors (Lipinski definition) is 2. The van der Waals surface area contributed by atoms with E-state index in [1.165, 1.54) is 12.1 Å². The Bertz CT molecular complexity index is 756. The molecule has 1 aliphatic rings. The lowest BCUT2D eigenvalue weighted by Gasteiger charge is -2.24. The summed E-state index contributed by atoms with van der Waals surface area (Å²) in [6, 6.07) is 13.0. The topological polar surface area (TPSA) is 70.2 Å². The highest BCUT2D eigenvalue weighted by Gasteiger charge is 2.24. The van der Waals surface area contributed by atoms with Crippen LogP contribution in [0.15, 0.2) is 48.5 Å². The molecule has 0 spiro atoms. The van der Waals surface area contributed by atoms with Gasteiger partial charge in [-0.2, -0.15) is 0 Å². The first kappa shape index (κ1) is 17.9. The van der Waals surface area contributed by atoms with Gasteiger partial charge in [-0.05, 0) is 48.2 Å². The monoisotopic (exact) mass is 355 g/mol. The van der Waals surface area contributed by atoms with E-state index in [1.807, 2.05) is 12.1 Å². The Labute approximate surface area is 152 Å². The normalized spacial score (nSPS) is 13.6. The van der Waals surface area contributed by atoms with Crippen LogP contribution in [0.2, 0.25) is 0 Å². The molecule has 0 aromatic heterocycles. The number of halogens is 1. The Morgan fingerprint density at radius 1 is 0.885 bits per heavy atom. The molecule has 136 valence electrons. The lowest BCUT2D eigenvalue weighted by Crippen LogP contribution is -2.33. The van der Waals surface area contributed by atoms with E-state index in [2.05, 4.69) is 16.0 Å². The molecule has 0 aliphatic heterocycles. The van der Waals surface area contributed by atoms with Crippen LogP contribution in [0.1, 0.15) is 30.4 Å². The Morgan fingerprint density at radius 2 is 1.46 bits per heavy atom. The van der Waals surface area contributed by atoms with Gasteiger partial charge in [0.05, 0.1) is 0 Å². The predicted molar refractivity (Wildman–Crippen MR) is 97.9 cm³/mol. The van der Waals surface area contributed by atoms with Crippen LogP contribution in [-0.2, 0) is 17.9 Å². The second kappa shape index (κ2) is 8.47. The average Bonchev–Trinajstić information content (AvgIpc) is 2.59. The van der Waals surface area contributed by atoms with Crippen molar-refractivity contribution >= 4 is 17.6 Å². The van der Waals surface area contributed by atoms with Gasteiger partial charge in [0, 0.05) is 24.7 Å². The van der Waals surface area contributed by atoms with Gasteiger partial charge >= 0.3 is 6.03 Å². The molecule has 0 unspecified atom stereocenters. The van der Waals surface area contributed by atoms with Crippen LogP contribution in [0.25, 0.3) is 0 Å². The zero-order valence-electron chi connectivity index (χ0n) is 14.4.